The Hall–Kier alpha value is -2.49. The normalized spacial score (nSPS) is 11.4. The van der Waals surface area contributed by atoms with Gasteiger partial charge in [-0.15, -0.1) is 0 Å². The van der Waals surface area contributed by atoms with Gasteiger partial charge in [-0.25, -0.2) is 4.98 Å². The molecule has 0 aliphatic carbocycles. The van der Waals surface area contributed by atoms with Crippen molar-refractivity contribution >= 4 is 16.7 Å². The van der Waals surface area contributed by atoms with E-state index in [0.717, 1.165) is 16.9 Å². The highest BCUT2D eigenvalue weighted by molar-refractivity contribution is 5.83. The predicted octanol–water partition coefficient (Wildman–Crippen LogP) is 3.88. The van der Waals surface area contributed by atoms with Crippen LogP contribution in [0.4, 0.5) is 5.69 Å². The molecule has 108 valence electrons. The van der Waals surface area contributed by atoms with Crippen LogP contribution in [0.1, 0.15) is 25.5 Å². The average Bonchev–Trinajstić information content (AvgIpc) is 2.76. The molecule has 0 unspecified atom stereocenters. The average molecular weight is 281 g/mol. The van der Waals surface area contributed by atoms with E-state index in [0.29, 0.717) is 11.3 Å². The molecule has 0 aliphatic heterocycles. The largest absolute Gasteiger partial charge is 0.507 e. The van der Waals surface area contributed by atoms with Gasteiger partial charge in [0.1, 0.15) is 11.6 Å². The molecule has 0 atom stereocenters. The summed E-state index contributed by atoms with van der Waals surface area (Å²) in [5.74, 6) is 0.923. The Balaban J connectivity index is 2.33. The maximum atomic E-state index is 10.2. The van der Waals surface area contributed by atoms with Gasteiger partial charge in [0.25, 0.3) is 0 Å². The topological polar surface area (TPSA) is 64.1 Å². The molecule has 0 bridgehead atoms. The zero-order chi connectivity index (χ0) is 15.1. The number of hydrogen-bond acceptors (Lipinski definition) is 3. The van der Waals surface area contributed by atoms with E-state index >= 15 is 0 Å². The first-order valence-corrected chi connectivity index (χ1v) is 7.05. The summed E-state index contributed by atoms with van der Waals surface area (Å²) in [4.78, 5) is 4.72. The van der Waals surface area contributed by atoms with Crippen LogP contribution in [0.2, 0.25) is 0 Å². The van der Waals surface area contributed by atoms with E-state index in [1.165, 1.54) is 5.56 Å². The zero-order valence-electron chi connectivity index (χ0n) is 12.5. The number of benzene rings is 2. The molecular weight excluding hydrogens is 262 g/mol. The number of nitrogens with zero attached hydrogens (tertiary/aromatic N) is 2. The minimum atomic E-state index is 0.156. The SMILES string of the molecule is Cc1ccc2c(c1)nc(-c1ccc(N)cc1O)n2C(C)C. The van der Waals surface area contributed by atoms with Gasteiger partial charge in [-0.05, 0) is 50.6 Å². The fourth-order valence-electron chi connectivity index (χ4n) is 2.66. The van der Waals surface area contributed by atoms with Crippen molar-refractivity contribution in [3.05, 3.63) is 42.0 Å². The molecule has 3 rings (SSSR count). The van der Waals surface area contributed by atoms with Gasteiger partial charge in [0.05, 0.1) is 16.6 Å². The number of rotatable bonds is 2. The van der Waals surface area contributed by atoms with Crippen LogP contribution in [0.5, 0.6) is 5.75 Å². The molecule has 0 fully saturated rings. The number of aromatic hydroxyl groups is 1. The van der Waals surface area contributed by atoms with E-state index in [1.807, 2.05) is 13.0 Å². The van der Waals surface area contributed by atoms with E-state index in [9.17, 15) is 5.11 Å². The lowest BCUT2D eigenvalue weighted by Gasteiger charge is -2.14. The van der Waals surface area contributed by atoms with Crippen LogP contribution < -0.4 is 5.73 Å². The summed E-state index contributed by atoms with van der Waals surface area (Å²) < 4.78 is 2.14. The van der Waals surface area contributed by atoms with Crippen molar-refractivity contribution in [3.8, 4) is 17.1 Å². The highest BCUT2D eigenvalue weighted by Crippen LogP contribution is 2.34. The van der Waals surface area contributed by atoms with Gasteiger partial charge in [0.15, 0.2) is 0 Å². The lowest BCUT2D eigenvalue weighted by molar-refractivity contribution is 0.476. The zero-order valence-corrected chi connectivity index (χ0v) is 12.5. The van der Waals surface area contributed by atoms with Crippen molar-refractivity contribution in [1.29, 1.82) is 0 Å². The van der Waals surface area contributed by atoms with Crippen LogP contribution >= 0.6 is 0 Å². The van der Waals surface area contributed by atoms with Gasteiger partial charge in [0, 0.05) is 17.8 Å². The summed E-state index contributed by atoms with van der Waals surface area (Å²) in [5.41, 5.74) is 10.1. The van der Waals surface area contributed by atoms with E-state index < -0.39 is 0 Å². The molecule has 1 aromatic heterocycles. The number of imidazole rings is 1. The number of nitrogen functional groups attached to an aromatic ring is 1. The van der Waals surface area contributed by atoms with Crippen molar-refractivity contribution in [1.82, 2.24) is 9.55 Å². The fourth-order valence-corrected chi connectivity index (χ4v) is 2.66. The molecule has 3 aromatic rings. The molecule has 21 heavy (non-hydrogen) atoms. The molecule has 0 aliphatic rings. The fraction of sp³-hybridized carbons (Fsp3) is 0.235. The second-order valence-electron chi connectivity index (χ2n) is 5.67. The van der Waals surface area contributed by atoms with Crippen molar-refractivity contribution < 1.29 is 5.11 Å². The Bertz CT molecular complexity index is 818. The third-order valence-corrected chi connectivity index (χ3v) is 3.62. The van der Waals surface area contributed by atoms with E-state index in [-0.39, 0.29) is 11.8 Å². The molecule has 1 heterocycles. The van der Waals surface area contributed by atoms with Crippen molar-refractivity contribution in [3.63, 3.8) is 0 Å². The smallest absolute Gasteiger partial charge is 0.145 e. The lowest BCUT2D eigenvalue weighted by atomic mass is 10.1. The first-order valence-electron chi connectivity index (χ1n) is 7.05. The number of phenolic OH excluding ortho intramolecular Hbond substituents is 1. The molecule has 4 heteroatoms. The predicted molar refractivity (Wildman–Crippen MR) is 86.4 cm³/mol. The summed E-state index contributed by atoms with van der Waals surface area (Å²) in [6.07, 6.45) is 0. The molecule has 0 spiro atoms. The second-order valence-corrected chi connectivity index (χ2v) is 5.67. The number of aryl methyl sites for hydroxylation is 1. The van der Waals surface area contributed by atoms with Gasteiger partial charge in [-0.2, -0.15) is 0 Å². The van der Waals surface area contributed by atoms with Gasteiger partial charge >= 0.3 is 0 Å². The van der Waals surface area contributed by atoms with Crippen LogP contribution in [-0.4, -0.2) is 14.7 Å². The summed E-state index contributed by atoms with van der Waals surface area (Å²) in [7, 11) is 0. The highest BCUT2D eigenvalue weighted by atomic mass is 16.3. The number of phenols is 1. The molecule has 2 aromatic carbocycles. The van der Waals surface area contributed by atoms with Crippen LogP contribution in [0.25, 0.3) is 22.4 Å². The van der Waals surface area contributed by atoms with Crippen LogP contribution in [0.3, 0.4) is 0 Å². The van der Waals surface area contributed by atoms with Gasteiger partial charge in [0.2, 0.25) is 0 Å². The Morgan fingerprint density at radius 2 is 1.90 bits per heavy atom. The Labute approximate surface area is 123 Å². The molecule has 3 N–H and O–H groups in total. The lowest BCUT2D eigenvalue weighted by Crippen LogP contribution is -2.03. The Kier molecular flexibility index (Phi) is 3.09. The van der Waals surface area contributed by atoms with Crippen LogP contribution in [-0.2, 0) is 0 Å². The molecule has 0 saturated carbocycles. The monoisotopic (exact) mass is 281 g/mol. The third kappa shape index (κ3) is 2.23. The van der Waals surface area contributed by atoms with Crippen LogP contribution in [0, 0.1) is 6.92 Å². The van der Waals surface area contributed by atoms with E-state index in [1.54, 1.807) is 12.1 Å². The first-order chi connectivity index (χ1) is 9.97. The Morgan fingerprint density at radius 3 is 2.57 bits per heavy atom. The number of aromatic nitrogens is 2. The second kappa shape index (κ2) is 4.81. The first kappa shape index (κ1) is 13.5. The third-order valence-electron chi connectivity index (χ3n) is 3.62. The number of fused-ring (bicyclic) bond motifs is 1. The summed E-state index contributed by atoms with van der Waals surface area (Å²) in [5, 5.41) is 10.2. The quantitative estimate of drug-likeness (QED) is 0.701. The maximum absolute atomic E-state index is 10.2. The number of anilines is 1. The minimum absolute atomic E-state index is 0.156. The van der Waals surface area contributed by atoms with Gasteiger partial charge < -0.3 is 15.4 Å². The number of hydrogen-bond donors (Lipinski definition) is 2. The van der Waals surface area contributed by atoms with Crippen LogP contribution in [0.15, 0.2) is 36.4 Å². The van der Waals surface area contributed by atoms with Crippen molar-refractivity contribution in [2.75, 3.05) is 5.73 Å². The number of nitrogens with two attached hydrogens (primary N) is 1. The van der Waals surface area contributed by atoms with Gasteiger partial charge in [-0.3, -0.25) is 0 Å². The molecule has 4 nitrogen and oxygen atoms in total. The summed E-state index contributed by atoms with van der Waals surface area (Å²) in [6, 6.07) is 11.6. The van der Waals surface area contributed by atoms with Crippen molar-refractivity contribution in [2.24, 2.45) is 0 Å². The minimum Gasteiger partial charge on any atom is -0.507 e. The molecule has 0 amide bonds. The van der Waals surface area contributed by atoms with E-state index in [2.05, 4.69) is 36.6 Å². The highest BCUT2D eigenvalue weighted by Gasteiger charge is 2.17. The van der Waals surface area contributed by atoms with E-state index in [4.69, 9.17) is 10.7 Å². The summed E-state index contributed by atoms with van der Waals surface area (Å²) >= 11 is 0. The molecular formula is C17H19N3O. The summed E-state index contributed by atoms with van der Waals surface area (Å²) in [6.45, 7) is 6.27. The molecule has 0 saturated heterocycles. The Morgan fingerprint density at radius 1 is 1.14 bits per heavy atom. The van der Waals surface area contributed by atoms with Crippen molar-refractivity contribution in [2.45, 2.75) is 26.8 Å². The molecule has 0 radical (unpaired) electrons. The maximum Gasteiger partial charge on any atom is 0.145 e. The van der Waals surface area contributed by atoms with Gasteiger partial charge in [-0.1, -0.05) is 6.07 Å². The standard InChI is InChI=1S/C17H19N3O/c1-10(2)20-15-7-4-11(3)8-14(15)19-17(20)13-6-5-12(18)9-16(13)21/h4-10,21H,18H2,1-3H3.